The van der Waals surface area contributed by atoms with Gasteiger partial charge in [0.1, 0.15) is 5.75 Å². The zero-order valence-corrected chi connectivity index (χ0v) is 16.0. The number of hydrogen-bond donors (Lipinski definition) is 1. The highest BCUT2D eigenvalue weighted by molar-refractivity contribution is 5.91. The van der Waals surface area contributed by atoms with Crippen molar-refractivity contribution in [2.45, 2.75) is 39.7 Å². The lowest BCUT2D eigenvalue weighted by Gasteiger charge is -2.28. The van der Waals surface area contributed by atoms with Gasteiger partial charge in [0.25, 0.3) is 0 Å². The topological polar surface area (TPSA) is 37.4 Å². The number of hydrogen-bond acceptors (Lipinski definition) is 4. The smallest absolute Gasteiger partial charge is 0.121 e. The zero-order chi connectivity index (χ0) is 16.7. The van der Waals surface area contributed by atoms with Gasteiger partial charge in [0.05, 0.1) is 18.3 Å². The molecule has 1 aromatic carbocycles. The Bertz CT molecular complexity index is 621. The minimum absolute atomic E-state index is 0. The standard InChI is InChI=1S/C19H29N3O.ClH/c1-5-11-22(15(3)6-2)12-10-20-18-14-17(23-4)13-16-8-7-9-21-19(16)18;/h7-9,13-15,20H,5-6,10-12H2,1-4H3;1H. The molecule has 0 spiro atoms. The first-order valence-electron chi connectivity index (χ1n) is 8.60. The van der Waals surface area contributed by atoms with E-state index in [0.29, 0.717) is 6.04 Å². The number of halogens is 1. The average molecular weight is 352 g/mol. The average Bonchev–Trinajstić information content (AvgIpc) is 2.59. The number of aromatic nitrogens is 1. The van der Waals surface area contributed by atoms with Crippen LogP contribution in [0.2, 0.25) is 0 Å². The van der Waals surface area contributed by atoms with Crippen molar-refractivity contribution in [3.05, 3.63) is 30.5 Å². The molecule has 1 atom stereocenters. The van der Waals surface area contributed by atoms with Crippen LogP contribution in [-0.2, 0) is 0 Å². The van der Waals surface area contributed by atoms with Crippen molar-refractivity contribution in [1.29, 1.82) is 0 Å². The number of fused-ring (bicyclic) bond motifs is 1. The Hall–Kier alpha value is -1.52. The van der Waals surface area contributed by atoms with E-state index in [9.17, 15) is 0 Å². The first-order chi connectivity index (χ1) is 11.2. The molecule has 0 saturated heterocycles. The van der Waals surface area contributed by atoms with Crippen molar-refractivity contribution in [2.24, 2.45) is 0 Å². The van der Waals surface area contributed by atoms with Gasteiger partial charge >= 0.3 is 0 Å². The molecule has 1 aromatic heterocycles. The molecule has 0 aliphatic carbocycles. The summed E-state index contributed by atoms with van der Waals surface area (Å²) in [7, 11) is 1.70. The van der Waals surface area contributed by atoms with Crippen LogP contribution in [0.15, 0.2) is 30.5 Å². The van der Waals surface area contributed by atoms with Crippen LogP contribution in [0.25, 0.3) is 10.9 Å². The number of rotatable bonds is 9. The Balaban J connectivity index is 0.00000288. The van der Waals surface area contributed by atoms with Crippen LogP contribution < -0.4 is 10.1 Å². The van der Waals surface area contributed by atoms with Crippen molar-refractivity contribution in [3.63, 3.8) is 0 Å². The highest BCUT2D eigenvalue weighted by Crippen LogP contribution is 2.27. The van der Waals surface area contributed by atoms with E-state index in [1.807, 2.05) is 24.4 Å². The lowest BCUT2D eigenvalue weighted by Crippen LogP contribution is -2.37. The monoisotopic (exact) mass is 351 g/mol. The van der Waals surface area contributed by atoms with Crippen molar-refractivity contribution < 1.29 is 4.74 Å². The predicted molar refractivity (Wildman–Crippen MR) is 106 cm³/mol. The summed E-state index contributed by atoms with van der Waals surface area (Å²) >= 11 is 0. The van der Waals surface area contributed by atoms with Crippen LogP contribution in [0.3, 0.4) is 0 Å². The van der Waals surface area contributed by atoms with Crippen LogP contribution in [0.5, 0.6) is 5.75 Å². The van der Waals surface area contributed by atoms with Gasteiger partial charge in [-0.3, -0.25) is 9.88 Å². The minimum Gasteiger partial charge on any atom is -0.497 e. The maximum absolute atomic E-state index is 5.41. The minimum atomic E-state index is 0. The lowest BCUT2D eigenvalue weighted by molar-refractivity contribution is 0.212. The number of ether oxygens (including phenoxy) is 1. The van der Waals surface area contributed by atoms with Gasteiger partial charge in [-0.2, -0.15) is 0 Å². The van der Waals surface area contributed by atoms with E-state index in [1.165, 1.54) is 12.8 Å². The summed E-state index contributed by atoms with van der Waals surface area (Å²) in [5, 5.41) is 4.64. The second-order valence-corrected chi connectivity index (χ2v) is 5.97. The van der Waals surface area contributed by atoms with Gasteiger partial charge in [-0.1, -0.05) is 19.9 Å². The van der Waals surface area contributed by atoms with E-state index in [1.54, 1.807) is 7.11 Å². The van der Waals surface area contributed by atoms with E-state index in [-0.39, 0.29) is 12.4 Å². The molecule has 1 N–H and O–H groups in total. The maximum atomic E-state index is 5.41. The molecule has 1 unspecified atom stereocenters. The summed E-state index contributed by atoms with van der Waals surface area (Å²) in [4.78, 5) is 7.05. The van der Waals surface area contributed by atoms with Gasteiger partial charge in [0.2, 0.25) is 0 Å². The zero-order valence-electron chi connectivity index (χ0n) is 15.2. The second kappa shape index (κ2) is 10.4. The Kier molecular flexibility index (Phi) is 8.87. The number of nitrogens with one attached hydrogen (secondary N) is 1. The van der Waals surface area contributed by atoms with E-state index >= 15 is 0 Å². The highest BCUT2D eigenvalue weighted by atomic mass is 35.5. The molecule has 24 heavy (non-hydrogen) atoms. The summed E-state index contributed by atoms with van der Waals surface area (Å²) in [5.41, 5.74) is 2.04. The van der Waals surface area contributed by atoms with Gasteiger partial charge in [-0.05, 0) is 38.4 Å². The van der Waals surface area contributed by atoms with Crippen LogP contribution >= 0.6 is 12.4 Å². The van der Waals surface area contributed by atoms with E-state index in [4.69, 9.17) is 4.74 Å². The molecule has 5 heteroatoms. The molecular formula is C19H30ClN3O. The van der Waals surface area contributed by atoms with Gasteiger partial charge in [-0.25, -0.2) is 0 Å². The number of nitrogens with zero attached hydrogens (tertiary/aromatic N) is 2. The molecule has 4 nitrogen and oxygen atoms in total. The summed E-state index contributed by atoms with van der Waals surface area (Å²) in [6, 6.07) is 8.70. The molecule has 0 amide bonds. The van der Waals surface area contributed by atoms with Crippen LogP contribution in [-0.4, -0.2) is 42.7 Å². The molecule has 0 radical (unpaired) electrons. The molecule has 1 heterocycles. The fraction of sp³-hybridized carbons (Fsp3) is 0.526. The van der Waals surface area contributed by atoms with Gasteiger partial charge in [0.15, 0.2) is 0 Å². The maximum Gasteiger partial charge on any atom is 0.121 e. The third kappa shape index (κ3) is 5.25. The molecule has 2 aromatic rings. The number of methoxy groups -OCH3 is 1. The summed E-state index contributed by atoms with van der Waals surface area (Å²) < 4.78 is 5.41. The van der Waals surface area contributed by atoms with E-state index in [0.717, 1.165) is 42.0 Å². The first kappa shape index (κ1) is 20.5. The largest absolute Gasteiger partial charge is 0.497 e. The molecule has 0 aliphatic rings. The van der Waals surface area contributed by atoms with Gasteiger partial charge in [0, 0.05) is 36.8 Å². The lowest BCUT2D eigenvalue weighted by atomic mass is 10.1. The fourth-order valence-corrected chi connectivity index (χ4v) is 2.85. The highest BCUT2D eigenvalue weighted by Gasteiger charge is 2.11. The molecular weight excluding hydrogens is 322 g/mol. The quantitative estimate of drug-likeness (QED) is 0.717. The fourth-order valence-electron chi connectivity index (χ4n) is 2.85. The Morgan fingerprint density at radius 3 is 2.71 bits per heavy atom. The Morgan fingerprint density at radius 1 is 1.25 bits per heavy atom. The number of pyridine rings is 1. The third-order valence-electron chi connectivity index (χ3n) is 4.35. The van der Waals surface area contributed by atoms with Gasteiger partial charge in [-0.15, -0.1) is 12.4 Å². The van der Waals surface area contributed by atoms with Crippen molar-refractivity contribution in [3.8, 4) is 5.75 Å². The van der Waals surface area contributed by atoms with Crippen LogP contribution in [0.1, 0.15) is 33.6 Å². The van der Waals surface area contributed by atoms with Crippen molar-refractivity contribution >= 4 is 29.0 Å². The Labute approximate surface area is 152 Å². The summed E-state index contributed by atoms with van der Waals surface area (Å²) in [5.74, 6) is 0.861. The Morgan fingerprint density at radius 2 is 2.04 bits per heavy atom. The first-order valence-corrected chi connectivity index (χ1v) is 8.60. The molecule has 0 saturated carbocycles. The van der Waals surface area contributed by atoms with Crippen LogP contribution in [0, 0.1) is 0 Å². The summed E-state index contributed by atoms with van der Waals surface area (Å²) in [6.45, 7) is 9.88. The van der Waals surface area contributed by atoms with Crippen LogP contribution in [0.4, 0.5) is 5.69 Å². The van der Waals surface area contributed by atoms with Crippen molar-refractivity contribution in [2.75, 3.05) is 32.1 Å². The molecule has 2 rings (SSSR count). The third-order valence-corrected chi connectivity index (χ3v) is 4.35. The van der Waals surface area contributed by atoms with E-state index in [2.05, 4.69) is 42.0 Å². The number of benzene rings is 1. The second-order valence-electron chi connectivity index (χ2n) is 5.97. The van der Waals surface area contributed by atoms with Crippen molar-refractivity contribution in [1.82, 2.24) is 9.88 Å². The normalized spacial score (nSPS) is 12.0. The van der Waals surface area contributed by atoms with Gasteiger partial charge < -0.3 is 10.1 Å². The van der Waals surface area contributed by atoms with E-state index < -0.39 is 0 Å². The number of anilines is 1. The molecule has 0 fully saturated rings. The predicted octanol–water partition coefficient (Wildman–Crippen LogP) is 4.59. The molecule has 0 bridgehead atoms. The SMILES string of the molecule is CCCN(CCNc1cc(OC)cc2cccnc12)C(C)CC.Cl. The molecule has 0 aliphatic heterocycles. The summed E-state index contributed by atoms with van der Waals surface area (Å²) in [6.07, 6.45) is 4.21. The molecule has 134 valence electrons.